The SMILES string of the molecule is Cc1c(CCO)cc2c(c1C)OCO2. The molecule has 3 nitrogen and oxygen atoms in total. The molecule has 0 saturated carbocycles. The van der Waals surface area contributed by atoms with E-state index < -0.39 is 0 Å². The van der Waals surface area contributed by atoms with E-state index >= 15 is 0 Å². The zero-order valence-corrected chi connectivity index (χ0v) is 8.46. The lowest BCUT2D eigenvalue weighted by atomic mass is 9.99. The van der Waals surface area contributed by atoms with E-state index in [4.69, 9.17) is 14.6 Å². The maximum Gasteiger partial charge on any atom is 0.231 e. The van der Waals surface area contributed by atoms with Gasteiger partial charge in [-0.1, -0.05) is 0 Å². The summed E-state index contributed by atoms with van der Waals surface area (Å²) in [4.78, 5) is 0. The first-order valence-electron chi connectivity index (χ1n) is 4.73. The number of aliphatic hydroxyl groups is 1. The first kappa shape index (κ1) is 9.34. The third-order valence-corrected chi connectivity index (χ3v) is 2.71. The molecule has 0 saturated heterocycles. The van der Waals surface area contributed by atoms with Crippen molar-refractivity contribution < 1.29 is 14.6 Å². The van der Waals surface area contributed by atoms with E-state index in [-0.39, 0.29) is 6.61 Å². The molecule has 1 aromatic carbocycles. The summed E-state index contributed by atoms with van der Waals surface area (Å²) in [5.41, 5.74) is 3.43. The molecule has 3 heteroatoms. The van der Waals surface area contributed by atoms with Gasteiger partial charge in [0.15, 0.2) is 11.5 Å². The number of benzene rings is 1. The highest BCUT2D eigenvalue weighted by atomic mass is 16.7. The van der Waals surface area contributed by atoms with Gasteiger partial charge in [-0.2, -0.15) is 0 Å². The summed E-state index contributed by atoms with van der Waals surface area (Å²) in [5, 5.41) is 8.91. The smallest absolute Gasteiger partial charge is 0.231 e. The molecule has 1 N–H and O–H groups in total. The quantitative estimate of drug-likeness (QED) is 0.776. The summed E-state index contributed by atoms with van der Waals surface area (Å²) in [6, 6.07) is 1.96. The Bertz CT molecular complexity index is 358. The van der Waals surface area contributed by atoms with E-state index in [0.29, 0.717) is 13.2 Å². The Kier molecular flexibility index (Phi) is 2.33. The first-order valence-corrected chi connectivity index (χ1v) is 4.73. The van der Waals surface area contributed by atoms with Crippen molar-refractivity contribution in [3.8, 4) is 11.5 Å². The molecule has 1 aliphatic rings. The van der Waals surface area contributed by atoms with Gasteiger partial charge in [-0.3, -0.25) is 0 Å². The predicted molar refractivity (Wildman–Crippen MR) is 52.8 cm³/mol. The van der Waals surface area contributed by atoms with Crippen LogP contribution < -0.4 is 9.47 Å². The van der Waals surface area contributed by atoms with Crippen molar-refractivity contribution in [2.75, 3.05) is 13.4 Å². The fourth-order valence-electron chi connectivity index (χ4n) is 1.75. The zero-order chi connectivity index (χ0) is 10.1. The van der Waals surface area contributed by atoms with Crippen LogP contribution >= 0.6 is 0 Å². The number of rotatable bonds is 2. The van der Waals surface area contributed by atoms with Crippen molar-refractivity contribution in [1.82, 2.24) is 0 Å². The summed E-state index contributed by atoms with van der Waals surface area (Å²) in [6.45, 7) is 4.53. The van der Waals surface area contributed by atoms with Crippen LogP contribution in [0.4, 0.5) is 0 Å². The largest absolute Gasteiger partial charge is 0.454 e. The van der Waals surface area contributed by atoms with Crippen LogP contribution in [-0.2, 0) is 6.42 Å². The molecule has 0 aromatic heterocycles. The monoisotopic (exact) mass is 194 g/mol. The molecular formula is C11H14O3. The van der Waals surface area contributed by atoms with E-state index in [1.54, 1.807) is 0 Å². The van der Waals surface area contributed by atoms with Gasteiger partial charge in [0.2, 0.25) is 6.79 Å². The molecule has 76 valence electrons. The number of fused-ring (bicyclic) bond motifs is 1. The Labute approximate surface area is 83.3 Å². The van der Waals surface area contributed by atoms with Crippen LogP contribution in [0, 0.1) is 13.8 Å². The van der Waals surface area contributed by atoms with Crippen molar-refractivity contribution in [3.63, 3.8) is 0 Å². The molecule has 0 unspecified atom stereocenters. The maximum atomic E-state index is 8.91. The maximum absolute atomic E-state index is 8.91. The van der Waals surface area contributed by atoms with Crippen molar-refractivity contribution >= 4 is 0 Å². The first-order chi connectivity index (χ1) is 6.74. The predicted octanol–water partition coefficient (Wildman–Crippen LogP) is 1.57. The number of aliphatic hydroxyl groups excluding tert-OH is 1. The fraction of sp³-hybridized carbons (Fsp3) is 0.455. The molecule has 1 aromatic rings. The van der Waals surface area contributed by atoms with Crippen LogP contribution in [0.15, 0.2) is 6.07 Å². The van der Waals surface area contributed by atoms with Gasteiger partial charge in [0.1, 0.15) is 0 Å². The summed E-state index contributed by atoms with van der Waals surface area (Å²) < 4.78 is 10.7. The van der Waals surface area contributed by atoms with Gasteiger partial charge < -0.3 is 14.6 Å². The molecule has 0 fully saturated rings. The summed E-state index contributed by atoms with van der Waals surface area (Å²) in [5.74, 6) is 1.65. The van der Waals surface area contributed by atoms with Crippen LogP contribution in [0.1, 0.15) is 16.7 Å². The second-order valence-electron chi connectivity index (χ2n) is 3.49. The minimum Gasteiger partial charge on any atom is -0.454 e. The minimum atomic E-state index is 0.167. The number of hydrogen-bond acceptors (Lipinski definition) is 3. The lowest BCUT2D eigenvalue weighted by Gasteiger charge is -2.10. The van der Waals surface area contributed by atoms with Gasteiger partial charge in [0.05, 0.1) is 0 Å². The molecule has 0 aliphatic carbocycles. The number of ether oxygens (including phenoxy) is 2. The molecule has 0 radical (unpaired) electrons. The van der Waals surface area contributed by atoms with Crippen LogP contribution in [0.3, 0.4) is 0 Å². The van der Waals surface area contributed by atoms with Gasteiger partial charge in [0, 0.05) is 6.61 Å². The van der Waals surface area contributed by atoms with E-state index in [9.17, 15) is 0 Å². The van der Waals surface area contributed by atoms with Gasteiger partial charge in [-0.15, -0.1) is 0 Å². The third kappa shape index (κ3) is 1.34. The van der Waals surface area contributed by atoms with E-state index in [1.807, 2.05) is 19.9 Å². The second-order valence-corrected chi connectivity index (χ2v) is 3.49. The Morgan fingerprint density at radius 3 is 2.79 bits per heavy atom. The van der Waals surface area contributed by atoms with E-state index in [1.165, 1.54) is 5.56 Å². The van der Waals surface area contributed by atoms with Crippen LogP contribution in [-0.4, -0.2) is 18.5 Å². The average Bonchev–Trinajstić information content (AvgIpc) is 2.62. The molecule has 0 atom stereocenters. The highest BCUT2D eigenvalue weighted by Crippen LogP contribution is 2.38. The van der Waals surface area contributed by atoms with Gasteiger partial charge in [-0.25, -0.2) is 0 Å². The molecule has 14 heavy (non-hydrogen) atoms. The second kappa shape index (κ2) is 3.50. The van der Waals surface area contributed by atoms with Gasteiger partial charge in [-0.05, 0) is 43.0 Å². The van der Waals surface area contributed by atoms with Gasteiger partial charge in [0.25, 0.3) is 0 Å². The molecule has 2 rings (SSSR count). The Morgan fingerprint density at radius 1 is 1.29 bits per heavy atom. The van der Waals surface area contributed by atoms with Crippen LogP contribution in [0.5, 0.6) is 11.5 Å². The molecule has 0 bridgehead atoms. The van der Waals surface area contributed by atoms with E-state index in [0.717, 1.165) is 22.6 Å². The van der Waals surface area contributed by atoms with Crippen LogP contribution in [0.25, 0.3) is 0 Å². The highest BCUT2D eigenvalue weighted by molar-refractivity contribution is 5.54. The average molecular weight is 194 g/mol. The van der Waals surface area contributed by atoms with Gasteiger partial charge >= 0.3 is 0 Å². The Morgan fingerprint density at radius 2 is 2.07 bits per heavy atom. The minimum absolute atomic E-state index is 0.167. The molecule has 1 aliphatic heterocycles. The van der Waals surface area contributed by atoms with Crippen LogP contribution in [0.2, 0.25) is 0 Å². The fourth-order valence-corrected chi connectivity index (χ4v) is 1.75. The lowest BCUT2D eigenvalue weighted by molar-refractivity contribution is 0.173. The van der Waals surface area contributed by atoms with E-state index in [2.05, 4.69) is 0 Å². The Hall–Kier alpha value is -1.22. The standard InChI is InChI=1S/C11H14O3/c1-7-8(2)11-10(13-6-14-11)5-9(7)3-4-12/h5,12H,3-4,6H2,1-2H3. The topological polar surface area (TPSA) is 38.7 Å². The summed E-state index contributed by atoms with van der Waals surface area (Å²) >= 11 is 0. The molecular weight excluding hydrogens is 180 g/mol. The highest BCUT2D eigenvalue weighted by Gasteiger charge is 2.19. The van der Waals surface area contributed by atoms with Crippen molar-refractivity contribution in [2.24, 2.45) is 0 Å². The zero-order valence-electron chi connectivity index (χ0n) is 8.46. The normalized spacial score (nSPS) is 13.4. The lowest BCUT2D eigenvalue weighted by Crippen LogP contribution is -1.97. The number of hydrogen-bond donors (Lipinski definition) is 1. The summed E-state index contributed by atoms with van der Waals surface area (Å²) in [7, 11) is 0. The van der Waals surface area contributed by atoms with Crippen molar-refractivity contribution in [2.45, 2.75) is 20.3 Å². The van der Waals surface area contributed by atoms with Crippen molar-refractivity contribution in [1.29, 1.82) is 0 Å². The summed E-state index contributed by atoms with van der Waals surface area (Å²) in [6.07, 6.45) is 0.670. The Balaban J connectivity index is 2.49. The third-order valence-electron chi connectivity index (χ3n) is 2.71. The molecule has 0 spiro atoms. The van der Waals surface area contributed by atoms with Crippen molar-refractivity contribution in [3.05, 3.63) is 22.8 Å². The molecule has 1 heterocycles. The molecule has 0 amide bonds.